The highest BCUT2D eigenvalue weighted by molar-refractivity contribution is 9.10. The Hall–Kier alpha value is -0.670. The van der Waals surface area contributed by atoms with Crippen LogP contribution in [0.3, 0.4) is 0 Å². The standard InChI is InChI=1S/C10H7BrOS/c1-6-4-10(12)13-9-3-2-7(11)5-8(6)9/h2-5H,1H3. The van der Waals surface area contributed by atoms with E-state index in [-0.39, 0.29) is 4.74 Å². The maximum Gasteiger partial charge on any atom is 0.233 e. The lowest BCUT2D eigenvalue weighted by atomic mass is 10.2. The molecule has 1 nitrogen and oxygen atoms in total. The van der Waals surface area contributed by atoms with Crippen molar-refractivity contribution in [3.05, 3.63) is 43.8 Å². The molecular formula is C10H7BrOS. The largest absolute Gasteiger partial charge is 0.278 e. The first-order chi connectivity index (χ1) is 6.16. The van der Waals surface area contributed by atoms with Crippen LogP contribution in [0.15, 0.2) is 33.5 Å². The lowest BCUT2D eigenvalue weighted by molar-refractivity contribution is 1.53. The third kappa shape index (κ3) is 1.67. The fraction of sp³-hybridized carbons (Fsp3) is 0.100. The number of hydrogen-bond acceptors (Lipinski definition) is 2. The number of aryl methyl sites for hydroxylation is 1. The van der Waals surface area contributed by atoms with Crippen molar-refractivity contribution in [1.29, 1.82) is 0 Å². The minimum absolute atomic E-state index is 0.118. The van der Waals surface area contributed by atoms with E-state index in [1.807, 2.05) is 25.1 Å². The molecule has 0 spiro atoms. The van der Waals surface area contributed by atoms with Crippen molar-refractivity contribution in [1.82, 2.24) is 0 Å². The Kier molecular flexibility index (Phi) is 2.22. The van der Waals surface area contributed by atoms with Gasteiger partial charge in [0.2, 0.25) is 4.74 Å². The topological polar surface area (TPSA) is 17.1 Å². The maximum atomic E-state index is 11.2. The van der Waals surface area contributed by atoms with Crippen molar-refractivity contribution in [2.75, 3.05) is 0 Å². The van der Waals surface area contributed by atoms with Crippen LogP contribution in [0.1, 0.15) is 5.56 Å². The van der Waals surface area contributed by atoms with Crippen LogP contribution in [-0.4, -0.2) is 0 Å². The Morgan fingerprint density at radius 1 is 1.31 bits per heavy atom. The summed E-state index contributed by atoms with van der Waals surface area (Å²) in [6.45, 7) is 1.96. The fourth-order valence-corrected chi connectivity index (χ4v) is 2.57. The molecule has 3 heteroatoms. The first-order valence-electron chi connectivity index (χ1n) is 3.87. The molecule has 1 heterocycles. The van der Waals surface area contributed by atoms with Crippen LogP contribution in [0.25, 0.3) is 10.1 Å². The van der Waals surface area contributed by atoms with Gasteiger partial charge in [-0.1, -0.05) is 27.3 Å². The van der Waals surface area contributed by atoms with Gasteiger partial charge in [0.15, 0.2) is 0 Å². The molecule has 0 fully saturated rings. The second-order valence-corrected chi connectivity index (χ2v) is 4.85. The second kappa shape index (κ2) is 3.24. The van der Waals surface area contributed by atoms with Crippen LogP contribution in [0.2, 0.25) is 0 Å². The zero-order chi connectivity index (χ0) is 9.42. The van der Waals surface area contributed by atoms with Gasteiger partial charge in [0.05, 0.1) is 0 Å². The van der Waals surface area contributed by atoms with Gasteiger partial charge in [-0.25, -0.2) is 0 Å². The summed E-state index contributed by atoms with van der Waals surface area (Å²) in [4.78, 5) is 11.2. The number of fused-ring (bicyclic) bond motifs is 1. The van der Waals surface area contributed by atoms with Gasteiger partial charge in [0.1, 0.15) is 0 Å². The molecule has 0 atom stereocenters. The number of benzene rings is 1. The summed E-state index contributed by atoms with van der Waals surface area (Å²) in [7, 11) is 0. The minimum Gasteiger partial charge on any atom is -0.278 e. The Labute approximate surface area is 88.2 Å². The number of halogens is 1. The molecule has 0 unspecified atom stereocenters. The van der Waals surface area contributed by atoms with Crippen LogP contribution < -0.4 is 4.74 Å². The van der Waals surface area contributed by atoms with E-state index < -0.39 is 0 Å². The molecule has 0 N–H and O–H groups in total. The third-order valence-corrected chi connectivity index (χ3v) is 3.30. The van der Waals surface area contributed by atoms with Crippen LogP contribution in [0, 0.1) is 6.92 Å². The third-order valence-electron chi connectivity index (χ3n) is 1.91. The van der Waals surface area contributed by atoms with Crippen LogP contribution in [-0.2, 0) is 0 Å². The van der Waals surface area contributed by atoms with Crippen LogP contribution in [0.5, 0.6) is 0 Å². The van der Waals surface area contributed by atoms with Crippen molar-refractivity contribution in [3.63, 3.8) is 0 Å². The highest BCUT2D eigenvalue weighted by Gasteiger charge is 1.99. The number of hydrogen-bond donors (Lipinski definition) is 0. The molecule has 0 aliphatic heterocycles. The van der Waals surface area contributed by atoms with E-state index in [1.165, 1.54) is 11.3 Å². The minimum atomic E-state index is 0.118. The molecule has 1 aromatic heterocycles. The normalized spacial score (nSPS) is 10.6. The molecule has 2 rings (SSSR count). The lowest BCUT2D eigenvalue weighted by Crippen LogP contribution is -1.92. The summed E-state index contributed by atoms with van der Waals surface area (Å²) in [5.41, 5.74) is 1.04. The second-order valence-electron chi connectivity index (χ2n) is 2.89. The van der Waals surface area contributed by atoms with Gasteiger partial charge in [-0.05, 0) is 42.1 Å². The molecule has 13 heavy (non-hydrogen) atoms. The summed E-state index contributed by atoms with van der Waals surface area (Å²) in [6, 6.07) is 7.65. The molecule has 0 saturated carbocycles. The highest BCUT2D eigenvalue weighted by atomic mass is 79.9. The molecule has 0 aliphatic rings. The van der Waals surface area contributed by atoms with E-state index in [0.717, 1.165) is 20.1 Å². The summed E-state index contributed by atoms with van der Waals surface area (Å²) in [5.74, 6) is 0. The molecule has 2 aromatic rings. The maximum absolute atomic E-state index is 11.2. The average molecular weight is 255 g/mol. The van der Waals surface area contributed by atoms with Crippen LogP contribution >= 0.6 is 27.3 Å². The van der Waals surface area contributed by atoms with E-state index in [9.17, 15) is 4.79 Å². The Balaban J connectivity index is 2.95. The zero-order valence-corrected chi connectivity index (χ0v) is 9.41. The van der Waals surface area contributed by atoms with Gasteiger partial charge in [-0.15, -0.1) is 0 Å². The average Bonchev–Trinajstić information content (AvgIpc) is 2.06. The van der Waals surface area contributed by atoms with Crippen molar-refractivity contribution >= 4 is 37.4 Å². The molecule has 0 radical (unpaired) electrons. The highest BCUT2D eigenvalue weighted by Crippen LogP contribution is 2.23. The summed E-state index contributed by atoms with van der Waals surface area (Å²) < 4.78 is 2.22. The van der Waals surface area contributed by atoms with Gasteiger partial charge in [0.25, 0.3) is 0 Å². The summed E-state index contributed by atoms with van der Waals surface area (Å²) >= 11 is 4.70. The van der Waals surface area contributed by atoms with E-state index in [0.29, 0.717) is 0 Å². The SMILES string of the molecule is Cc1cc(=O)sc2ccc(Br)cc12. The summed E-state index contributed by atoms with van der Waals surface area (Å²) in [6.07, 6.45) is 0. The van der Waals surface area contributed by atoms with Crippen molar-refractivity contribution in [2.24, 2.45) is 0 Å². The monoisotopic (exact) mass is 254 g/mol. The van der Waals surface area contributed by atoms with Crippen molar-refractivity contribution < 1.29 is 0 Å². The van der Waals surface area contributed by atoms with Crippen LogP contribution in [0.4, 0.5) is 0 Å². The lowest BCUT2D eigenvalue weighted by Gasteiger charge is -1.99. The predicted octanol–water partition coefficient (Wildman–Crippen LogP) is 3.33. The zero-order valence-electron chi connectivity index (χ0n) is 7.00. The van der Waals surface area contributed by atoms with Gasteiger partial charge >= 0.3 is 0 Å². The molecule has 0 aliphatic carbocycles. The van der Waals surface area contributed by atoms with Gasteiger partial charge in [-0.2, -0.15) is 0 Å². The van der Waals surface area contributed by atoms with Crippen molar-refractivity contribution in [2.45, 2.75) is 6.92 Å². The van der Waals surface area contributed by atoms with E-state index in [4.69, 9.17) is 0 Å². The summed E-state index contributed by atoms with van der Waals surface area (Å²) in [5, 5.41) is 1.15. The molecular weight excluding hydrogens is 248 g/mol. The number of rotatable bonds is 0. The van der Waals surface area contributed by atoms with Crippen molar-refractivity contribution in [3.8, 4) is 0 Å². The Bertz CT molecular complexity index is 516. The molecule has 1 aromatic carbocycles. The smallest absolute Gasteiger partial charge is 0.233 e. The quantitative estimate of drug-likeness (QED) is 0.705. The van der Waals surface area contributed by atoms with E-state index >= 15 is 0 Å². The Morgan fingerprint density at radius 3 is 2.85 bits per heavy atom. The Morgan fingerprint density at radius 2 is 2.08 bits per heavy atom. The molecule has 66 valence electrons. The van der Waals surface area contributed by atoms with Gasteiger partial charge < -0.3 is 0 Å². The molecule has 0 bridgehead atoms. The first-order valence-corrected chi connectivity index (χ1v) is 5.48. The fourth-order valence-electron chi connectivity index (χ4n) is 1.29. The predicted molar refractivity (Wildman–Crippen MR) is 60.5 cm³/mol. The van der Waals surface area contributed by atoms with Gasteiger partial charge in [0, 0.05) is 9.17 Å². The first kappa shape index (κ1) is 8.91. The molecule has 0 amide bonds. The van der Waals surface area contributed by atoms with Gasteiger partial charge in [-0.3, -0.25) is 4.79 Å². The van der Waals surface area contributed by atoms with E-state index in [1.54, 1.807) is 6.07 Å². The van der Waals surface area contributed by atoms with E-state index in [2.05, 4.69) is 15.9 Å². The molecule has 0 saturated heterocycles.